The lowest BCUT2D eigenvalue weighted by Crippen LogP contribution is -2.19. The van der Waals surface area contributed by atoms with Crippen molar-refractivity contribution in [3.8, 4) is 0 Å². The SMILES string of the molecule is [CH2]CC(C)C(C)C(=O)OC. The first-order chi connectivity index (χ1) is 4.63. The first-order valence-electron chi connectivity index (χ1n) is 3.50. The predicted molar refractivity (Wildman–Crippen MR) is 40.3 cm³/mol. The minimum absolute atomic E-state index is 0.0255. The molecule has 0 rings (SSSR count). The quantitative estimate of drug-likeness (QED) is 0.561. The Morgan fingerprint density at radius 1 is 1.60 bits per heavy atom. The van der Waals surface area contributed by atoms with Gasteiger partial charge in [-0.15, -0.1) is 0 Å². The summed E-state index contributed by atoms with van der Waals surface area (Å²) in [7, 11) is 1.41. The van der Waals surface area contributed by atoms with E-state index < -0.39 is 0 Å². The van der Waals surface area contributed by atoms with Gasteiger partial charge in [-0.3, -0.25) is 4.79 Å². The second-order valence-electron chi connectivity index (χ2n) is 2.58. The van der Waals surface area contributed by atoms with Gasteiger partial charge in [0.15, 0.2) is 0 Å². The van der Waals surface area contributed by atoms with E-state index >= 15 is 0 Å². The van der Waals surface area contributed by atoms with Gasteiger partial charge in [0, 0.05) is 0 Å². The minimum Gasteiger partial charge on any atom is -0.469 e. The van der Waals surface area contributed by atoms with Gasteiger partial charge in [0.2, 0.25) is 0 Å². The molecule has 0 saturated carbocycles. The summed E-state index contributed by atoms with van der Waals surface area (Å²) in [5, 5.41) is 0. The molecular weight excluding hydrogens is 128 g/mol. The minimum atomic E-state index is -0.142. The van der Waals surface area contributed by atoms with E-state index in [2.05, 4.69) is 11.7 Å². The van der Waals surface area contributed by atoms with E-state index in [1.807, 2.05) is 13.8 Å². The summed E-state index contributed by atoms with van der Waals surface area (Å²) in [4.78, 5) is 10.9. The van der Waals surface area contributed by atoms with Crippen LogP contribution in [-0.2, 0) is 9.53 Å². The highest BCUT2D eigenvalue weighted by Crippen LogP contribution is 2.14. The normalized spacial score (nSPS) is 16.0. The number of rotatable bonds is 3. The fraction of sp³-hybridized carbons (Fsp3) is 0.750. The fourth-order valence-corrected chi connectivity index (χ4v) is 0.668. The van der Waals surface area contributed by atoms with Crippen LogP contribution in [0.25, 0.3) is 0 Å². The molecule has 2 heteroatoms. The molecule has 0 fully saturated rings. The van der Waals surface area contributed by atoms with Crippen LogP contribution in [0.2, 0.25) is 0 Å². The summed E-state index contributed by atoms with van der Waals surface area (Å²) in [6, 6.07) is 0. The molecule has 0 heterocycles. The summed E-state index contributed by atoms with van der Waals surface area (Å²) in [5.74, 6) is 0.145. The second-order valence-corrected chi connectivity index (χ2v) is 2.58. The molecule has 0 aliphatic heterocycles. The van der Waals surface area contributed by atoms with Crippen molar-refractivity contribution in [1.29, 1.82) is 0 Å². The molecule has 59 valence electrons. The molecule has 0 aromatic heterocycles. The Morgan fingerprint density at radius 2 is 2.10 bits per heavy atom. The van der Waals surface area contributed by atoms with Crippen molar-refractivity contribution in [2.45, 2.75) is 20.3 Å². The summed E-state index contributed by atoms with van der Waals surface area (Å²) in [6.07, 6.45) is 0.774. The number of carbonyl (C=O) groups excluding carboxylic acids is 1. The Morgan fingerprint density at radius 3 is 2.40 bits per heavy atom. The average Bonchev–Trinajstić information content (AvgIpc) is 2.00. The smallest absolute Gasteiger partial charge is 0.308 e. The van der Waals surface area contributed by atoms with E-state index in [0.29, 0.717) is 5.92 Å². The van der Waals surface area contributed by atoms with Crippen LogP contribution in [0.5, 0.6) is 0 Å². The molecule has 0 spiro atoms. The highest BCUT2D eigenvalue weighted by molar-refractivity contribution is 5.72. The largest absolute Gasteiger partial charge is 0.469 e. The van der Waals surface area contributed by atoms with Crippen molar-refractivity contribution < 1.29 is 9.53 Å². The third-order valence-electron chi connectivity index (χ3n) is 1.88. The lowest BCUT2D eigenvalue weighted by Gasteiger charge is -2.14. The summed E-state index contributed by atoms with van der Waals surface area (Å²) >= 11 is 0. The topological polar surface area (TPSA) is 26.3 Å². The molecule has 0 aromatic carbocycles. The van der Waals surface area contributed by atoms with Crippen LogP contribution in [-0.4, -0.2) is 13.1 Å². The van der Waals surface area contributed by atoms with E-state index in [0.717, 1.165) is 6.42 Å². The molecular formula is C8H15O2. The maximum absolute atomic E-state index is 10.9. The Labute approximate surface area is 62.6 Å². The third kappa shape index (κ3) is 2.38. The van der Waals surface area contributed by atoms with Gasteiger partial charge in [-0.1, -0.05) is 20.8 Å². The molecule has 2 nitrogen and oxygen atoms in total. The number of methoxy groups -OCH3 is 1. The van der Waals surface area contributed by atoms with E-state index in [1.165, 1.54) is 7.11 Å². The Bertz CT molecular complexity index is 110. The Hall–Kier alpha value is -0.530. The maximum atomic E-state index is 10.9. The molecule has 0 aliphatic carbocycles. The van der Waals surface area contributed by atoms with Gasteiger partial charge in [0.1, 0.15) is 0 Å². The zero-order valence-electron chi connectivity index (χ0n) is 6.89. The third-order valence-corrected chi connectivity index (χ3v) is 1.88. The van der Waals surface area contributed by atoms with Gasteiger partial charge in [-0.2, -0.15) is 0 Å². The maximum Gasteiger partial charge on any atom is 0.308 e. The van der Waals surface area contributed by atoms with Crippen LogP contribution < -0.4 is 0 Å². The zero-order valence-corrected chi connectivity index (χ0v) is 6.89. The standard InChI is InChI=1S/C8H15O2/c1-5-6(2)7(3)8(9)10-4/h6-7H,1,5H2,2-4H3. The van der Waals surface area contributed by atoms with Crippen molar-refractivity contribution in [3.05, 3.63) is 6.92 Å². The first-order valence-corrected chi connectivity index (χ1v) is 3.50. The fourth-order valence-electron chi connectivity index (χ4n) is 0.668. The van der Waals surface area contributed by atoms with Gasteiger partial charge in [0.25, 0.3) is 0 Å². The lowest BCUT2D eigenvalue weighted by molar-refractivity contribution is -0.146. The molecule has 2 atom stereocenters. The number of ether oxygens (including phenoxy) is 1. The van der Waals surface area contributed by atoms with Crippen LogP contribution in [0, 0.1) is 18.8 Å². The molecule has 10 heavy (non-hydrogen) atoms. The first kappa shape index (κ1) is 9.47. The van der Waals surface area contributed by atoms with Crippen molar-refractivity contribution >= 4 is 5.97 Å². The molecule has 0 amide bonds. The van der Waals surface area contributed by atoms with Gasteiger partial charge in [-0.05, 0) is 12.3 Å². The summed E-state index contributed by atoms with van der Waals surface area (Å²) in [6.45, 7) is 7.57. The number of hydrogen-bond acceptors (Lipinski definition) is 2. The number of esters is 1. The Kier molecular flexibility index (Phi) is 4.08. The monoisotopic (exact) mass is 143 g/mol. The van der Waals surface area contributed by atoms with Crippen LogP contribution in [0.4, 0.5) is 0 Å². The van der Waals surface area contributed by atoms with E-state index in [-0.39, 0.29) is 11.9 Å². The average molecular weight is 143 g/mol. The van der Waals surface area contributed by atoms with Gasteiger partial charge >= 0.3 is 5.97 Å². The van der Waals surface area contributed by atoms with E-state index in [9.17, 15) is 4.79 Å². The van der Waals surface area contributed by atoms with Crippen LogP contribution in [0.3, 0.4) is 0 Å². The van der Waals surface area contributed by atoms with Crippen LogP contribution in [0.15, 0.2) is 0 Å². The molecule has 0 aromatic rings. The number of hydrogen-bond donors (Lipinski definition) is 0. The highest BCUT2D eigenvalue weighted by atomic mass is 16.5. The van der Waals surface area contributed by atoms with Gasteiger partial charge < -0.3 is 4.74 Å². The molecule has 0 saturated heterocycles. The predicted octanol–water partition coefficient (Wildman–Crippen LogP) is 1.66. The number of carbonyl (C=O) groups is 1. The molecule has 2 unspecified atom stereocenters. The van der Waals surface area contributed by atoms with E-state index in [4.69, 9.17) is 0 Å². The van der Waals surface area contributed by atoms with Crippen molar-refractivity contribution in [3.63, 3.8) is 0 Å². The molecule has 0 aliphatic rings. The van der Waals surface area contributed by atoms with E-state index in [1.54, 1.807) is 0 Å². The van der Waals surface area contributed by atoms with Crippen molar-refractivity contribution in [2.24, 2.45) is 11.8 Å². The zero-order chi connectivity index (χ0) is 8.15. The summed E-state index contributed by atoms with van der Waals surface area (Å²) < 4.78 is 4.57. The van der Waals surface area contributed by atoms with Crippen molar-refractivity contribution in [1.82, 2.24) is 0 Å². The molecule has 1 radical (unpaired) electrons. The van der Waals surface area contributed by atoms with Crippen molar-refractivity contribution in [2.75, 3.05) is 7.11 Å². The van der Waals surface area contributed by atoms with Gasteiger partial charge in [-0.25, -0.2) is 0 Å². The van der Waals surface area contributed by atoms with Crippen LogP contribution >= 0.6 is 0 Å². The molecule has 0 N–H and O–H groups in total. The second kappa shape index (κ2) is 4.31. The Balaban J connectivity index is 3.81. The highest BCUT2D eigenvalue weighted by Gasteiger charge is 2.18. The van der Waals surface area contributed by atoms with Gasteiger partial charge in [0.05, 0.1) is 13.0 Å². The van der Waals surface area contributed by atoms with Crippen LogP contribution in [0.1, 0.15) is 20.3 Å². The molecule has 0 bridgehead atoms. The lowest BCUT2D eigenvalue weighted by atomic mass is 9.94. The summed E-state index contributed by atoms with van der Waals surface area (Å²) in [5.41, 5.74) is 0.